The molecule has 0 radical (unpaired) electrons. The highest BCUT2D eigenvalue weighted by Gasteiger charge is 2.46. The van der Waals surface area contributed by atoms with Gasteiger partial charge in [0.05, 0.1) is 5.41 Å². The van der Waals surface area contributed by atoms with E-state index >= 15 is 0 Å². The molecule has 1 aromatic rings. The van der Waals surface area contributed by atoms with Gasteiger partial charge in [-0.25, -0.2) is 0 Å². The minimum absolute atomic E-state index is 0.0487. The molecular weight excluding hydrogens is 313 g/mol. The van der Waals surface area contributed by atoms with Gasteiger partial charge in [0.25, 0.3) is 0 Å². The highest BCUT2D eigenvalue weighted by atomic mass is 35.5. The molecule has 1 N–H and O–H groups in total. The SMILES string of the molecule is CN(Cc1cc(Cl)cc(Cl)c1)C(=O)CC1(C(=O)O)CCC1. The van der Waals surface area contributed by atoms with E-state index in [0.29, 0.717) is 29.4 Å². The van der Waals surface area contributed by atoms with Gasteiger partial charge in [-0.2, -0.15) is 0 Å². The van der Waals surface area contributed by atoms with E-state index in [1.54, 1.807) is 25.2 Å². The molecule has 0 unspecified atom stereocenters. The molecule has 4 nitrogen and oxygen atoms in total. The lowest BCUT2D eigenvalue weighted by molar-refractivity contribution is -0.159. The number of rotatable bonds is 5. The summed E-state index contributed by atoms with van der Waals surface area (Å²) in [5.41, 5.74) is -0.0431. The van der Waals surface area contributed by atoms with Crippen molar-refractivity contribution in [1.29, 1.82) is 0 Å². The van der Waals surface area contributed by atoms with Crippen molar-refractivity contribution in [2.75, 3.05) is 7.05 Å². The topological polar surface area (TPSA) is 57.6 Å². The van der Waals surface area contributed by atoms with Crippen molar-refractivity contribution in [3.63, 3.8) is 0 Å². The largest absolute Gasteiger partial charge is 0.481 e. The van der Waals surface area contributed by atoms with Crippen LogP contribution >= 0.6 is 23.2 Å². The highest BCUT2D eigenvalue weighted by molar-refractivity contribution is 6.34. The number of benzene rings is 1. The molecule has 0 aromatic heterocycles. The maximum atomic E-state index is 12.2. The molecule has 1 amide bonds. The number of hydrogen-bond acceptors (Lipinski definition) is 2. The lowest BCUT2D eigenvalue weighted by atomic mass is 9.66. The number of aliphatic carboxylic acids is 1. The molecule has 1 aliphatic carbocycles. The molecule has 21 heavy (non-hydrogen) atoms. The van der Waals surface area contributed by atoms with Crippen LogP contribution in [0.2, 0.25) is 10.0 Å². The van der Waals surface area contributed by atoms with Crippen molar-refractivity contribution in [2.24, 2.45) is 5.41 Å². The molecule has 1 fully saturated rings. The normalized spacial score (nSPS) is 16.1. The number of amides is 1. The Hall–Kier alpha value is -1.26. The Labute approximate surface area is 133 Å². The summed E-state index contributed by atoms with van der Waals surface area (Å²) in [6, 6.07) is 5.11. The first-order chi connectivity index (χ1) is 9.82. The van der Waals surface area contributed by atoms with Gasteiger partial charge in [-0.1, -0.05) is 29.6 Å². The minimum Gasteiger partial charge on any atom is -0.481 e. The highest BCUT2D eigenvalue weighted by Crippen LogP contribution is 2.44. The molecule has 0 atom stereocenters. The fraction of sp³-hybridized carbons (Fsp3) is 0.467. The average molecular weight is 330 g/mol. The third-order valence-corrected chi connectivity index (χ3v) is 4.46. The van der Waals surface area contributed by atoms with E-state index in [2.05, 4.69) is 0 Å². The molecule has 0 aliphatic heterocycles. The second-order valence-corrected chi connectivity index (χ2v) is 6.52. The maximum absolute atomic E-state index is 12.2. The molecule has 0 spiro atoms. The number of nitrogens with zero attached hydrogens (tertiary/aromatic N) is 1. The second-order valence-electron chi connectivity index (χ2n) is 5.64. The van der Waals surface area contributed by atoms with Crippen LogP contribution in [0.1, 0.15) is 31.2 Å². The van der Waals surface area contributed by atoms with Gasteiger partial charge in [0.2, 0.25) is 5.91 Å². The summed E-state index contributed by atoms with van der Waals surface area (Å²) in [4.78, 5) is 25.0. The molecule has 0 saturated heterocycles. The number of hydrogen-bond donors (Lipinski definition) is 1. The van der Waals surface area contributed by atoms with Crippen molar-refractivity contribution in [1.82, 2.24) is 4.90 Å². The van der Waals surface area contributed by atoms with E-state index in [1.165, 1.54) is 4.90 Å². The number of halogens is 2. The smallest absolute Gasteiger partial charge is 0.310 e. The van der Waals surface area contributed by atoms with Crippen LogP contribution in [-0.4, -0.2) is 28.9 Å². The van der Waals surface area contributed by atoms with Crippen LogP contribution in [0, 0.1) is 5.41 Å². The van der Waals surface area contributed by atoms with E-state index < -0.39 is 11.4 Å². The van der Waals surface area contributed by atoms with Crippen LogP contribution in [0.3, 0.4) is 0 Å². The summed E-state index contributed by atoms with van der Waals surface area (Å²) in [6.07, 6.45) is 2.07. The molecule has 2 rings (SSSR count). The summed E-state index contributed by atoms with van der Waals surface area (Å²) < 4.78 is 0. The lowest BCUT2D eigenvalue weighted by Crippen LogP contribution is -2.42. The van der Waals surface area contributed by atoms with E-state index in [0.717, 1.165) is 12.0 Å². The van der Waals surface area contributed by atoms with Gasteiger partial charge < -0.3 is 10.0 Å². The lowest BCUT2D eigenvalue weighted by Gasteiger charge is -2.38. The Kier molecular flexibility index (Phi) is 4.79. The maximum Gasteiger partial charge on any atom is 0.310 e. The van der Waals surface area contributed by atoms with Crippen molar-refractivity contribution in [2.45, 2.75) is 32.2 Å². The van der Waals surface area contributed by atoms with Crippen molar-refractivity contribution >= 4 is 35.1 Å². The third-order valence-electron chi connectivity index (χ3n) is 4.02. The summed E-state index contributed by atoms with van der Waals surface area (Å²) in [5.74, 6) is -1.05. The monoisotopic (exact) mass is 329 g/mol. The van der Waals surface area contributed by atoms with E-state index in [9.17, 15) is 14.7 Å². The summed E-state index contributed by atoms with van der Waals surface area (Å²) >= 11 is 11.9. The van der Waals surface area contributed by atoms with Crippen LogP contribution in [0.15, 0.2) is 18.2 Å². The van der Waals surface area contributed by atoms with Gasteiger partial charge in [-0.05, 0) is 36.6 Å². The molecule has 1 aliphatic rings. The molecule has 1 saturated carbocycles. The fourth-order valence-electron chi connectivity index (χ4n) is 2.56. The van der Waals surface area contributed by atoms with E-state index in [4.69, 9.17) is 23.2 Å². The van der Waals surface area contributed by atoms with Gasteiger partial charge in [0, 0.05) is 30.1 Å². The van der Waals surface area contributed by atoms with Crippen LogP contribution in [0.4, 0.5) is 0 Å². The van der Waals surface area contributed by atoms with Gasteiger partial charge in [-0.3, -0.25) is 9.59 Å². The van der Waals surface area contributed by atoms with Gasteiger partial charge >= 0.3 is 5.97 Å². The first-order valence-corrected chi connectivity index (χ1v) is 7.50. The molecule has 6 heteroatoms. The number of carbonyl (C=O) groups excluding carboxylic acids is 1. The fourth-order valence-corrected chi connectivity index (χ4v) is 3.13. The molecular formula is C15H17Cl2NO3. The average Bonchev–Trinajstić information content (AvgIpc) is 2.31. The van der Waals surface area contributed by atoms with Gasteiger partial charge in [0.15, 0.2) is 0 Å². The first kappa shape index (κ1) is 16.1. The molecule has 0 bridgehead atoms. The van der Waals surface area contributed by atoms with E-state index in [1.807, 2.05) is 0 Å². The zero-order valence-corrected chi connectivity index (χ0v) is 13.2. The number of carboxylic acids is 1. The van der Waals surface area contributed by atoms with Crippen LogP contribution in [0.5, 0.6) is 0 Å². The Morgan fingerprint density at radius 1 is 1.24 bits per heavy atom. The molecule has 1 aromatic carbocycles. The Bertz CT molecular complexity index is 550. The van der Waals surface area contributed by atoms with Crippen LogP contribution in [0.25, 0.3) is 0 Å². The van der Waals surface area contributed by atoms with Crippen molar-refractivity contribution in [3.05, 3.63) is 33.8 Å². The molecule has 0 heterocycles. The molecule has 114 valence electrons. The summed E-state index contributed by atoms with van der Waals surface area (Å²) in [7, 11) is 1.66. The summed E-state index contributed by atoms with van der Waals surface area (Å²) in [6.45, 7) is 0.356. The standard InChI is InChI=1S/C15H17Cl2NO3/c1-18(9-10-5-11(16)7-12(17)6-10)13(19)8-15(14(20)21)3-2-4-15/h5-7H,2-4,8-9H2,1H3,(H,20,21). The number of carbonyl (C=O) groups is 2. The Morgan fingerprint density at radius 3 is 2.24 bits per heavy atom. The van der Waals surface area contributed by atoms with Crippen LogP contribution in [-0.2, 0) is 16.1 Å². The van der Waals surface area contributed by atoms with Crippen molar-refractivity contribution in [3.8, 4) is 0 Å². The minimum atomic E-state index is -0.874. The zero-order chi connectivity index (χ0) is 15.6. The number of carboxylic acid groups (broad SMARTS) is 1. The van der Waals surface area contributed by atoms with E-state index in [-0.39, 0.29) is 12.3 Å². The predicted molar refractivity (Wildman–Crippen MR) is 81.5 cm³/mol. The predicted octanol–water partition coefficient (Wildman–Crippen LogP) is 3.60. The Balaban J connectivity index is 2.01. The third kappa shape index (κ3) is 3.69. The zero-order valence-electron chi connectivity index (χ0n) is 11.7. The van der Waals surface area contributed by atoms with Crippen molar-refractivity contribution < 1.29 is 14.7 Å². The van der Waals surface area contributed by atoms with Gasteiger partial charge in [0.1, 0.15) is 0 Å². The quantitative estimate of drug-likeness (QED) is 0.897. The second kappa shape index (κ2) is 6.24. The Morgan fingerprint density at radius 2 is 1.81 bits per heavy atom. The summed E-state index contributed by atoms with van der Waals surface area (Å²) in [5, 5.41) is 10.3. The first-order valence-electron chi connectivity index (χ1n) is 6.75. The van der Waals surface area contributed by atoms with Crippen LogP contribution < -0.4 is 0 Å². The van der Waals surface area contributed by atoms with Gasteiger partial charge in [-0.15, -0.1) is 0 Å².